The summed E-state index contributed by atoms with van der Waals surface area (Å²) in [7, 11) is 3.38. The van der Waals surface area contributed by atoms with E-state index in [4.69, 9.17) is 4.74 Å². The number of carbonyl (C=O) groups is 1. The van der Waals surface area contributed by atoms with Crippen molar-refractivity contribution in [1.82, 2.24) is 9.47 Å². The van der Waals surface area contributed by atoms with Crippen LogP contribution in [0.4, 0.5) is 0 Å². The Morgan fingerprint density at radius 1 is 1.23 bits per heavy atom. The minimum atomic E-state index is -0.117. The van der Waals surface area contributed by atoms with Gasteiger partial charge in [0, 0.05) is 39.5 Å². The molecule has 1 fully saturated rings. The van der Waals surface area contributed by atoms with Crippen LogP contribution in [0.15, 0.2) is 47.4 Å². The van der Waals surface area contributed by atoms with Gasteiger partial charge in [-0.05, 0) is 42.9 Å². The molecule has 1 aromatic carbocycles. The molecule has 1 aliphatic heterocycles. The van der Waals surface area contributed by atoms with Crippen LogP contribution in [-0.4, -0.2) is 41.7 Å². The average Bonchev–Trinajstić information content (AvgIpc) is 2.65. The van der Waals surface area contributed by atoms with Crippen molar-refractivity contribution in [1.29, 1.82) is 0 Å². The summed E-state index contributed by atoms with van der Waals surface area (Å²) < 4.78 is 7.16. The fraction of sp³-hybridized carbons (Fsp3) is 0.429. The molecule has 0 unspecified atom stereocenters. The zero-order valence-electron chi connectivity index (χ0n) is 15.6. The molecular formula is C21H26N2O3. The SMILES string of the molecule is CO[C@H]1CN(C(=O)c2ccc(=O)n(C)c2)CC[C@@H]1Cc1ccccc1C. The zero-order chi connectivity index (χ0) is 18.7. The van der Waals surface area contributed by atoms with E-state index in [1.54, 1.807) is 26.4 Å². The minimum Gasteiger partial charge on any atom is -0.379 e. The number of aromatic nitrogens is 1. The number of piperidine rings is 1. The number of benzene rings is 1. The Morgan fingerprint density at radius 2 is 2.00 bits per heavy atom. The van der Waals surface area contributed by atoms with Gasteiger partial charge < -0.3 is 14.2 Å². The molecule has 1 aromatic heterocycles. The van der Waals surface area contributed by atoms with Gasteiger partial charge in [-0.15, -0.1) is 0 Å². The van der Waals surface area contributed by atoms with Crippen molar-refractivity contribution < 1.29 is 9.53 Å². The van der Waals surface area contributed by atoms with E-state index in [-0.39, 0.29) is 17.6 Å². The topological polar surface area (TPSA) is 51.5 Å². The minimum absolute atomic E-state index is 0.0137. The third-order valence-corrected chi connectivity index (χ3v) is 5.36. The number of hydrogen-bond donors (Lipinski definition) is 0. The number of pyridine rings is 1. The monoisotopic (exact) mass is 354 g/mol. The number of rotatable bonds is 4. The zero-order valence-corrected chi connectivity index (χ0v) is 15.6. The second-order valence-electron chi connectivity index (χ2n) is 7.07. The van der Waals surface area contributed by atoms with Crippen LogP contribution in [-0.2, 0) is 18.2 Å². The van der Waals surface area contributed by atoms with E-state index in [0.717, 1.165) is 12.8 Å². The molecular weight excluding hydrogens is 328 g/mol. The van der Waals surface area contributed by atoms with Crippen LogP contribution in [0.1, 0.15) is 27.9 Å². The fourth-order valence-corrected chi connectivity index (χ4v) is 3.67. The van der Waals surface area contributed by atoms with E-state index in [0.29, 0.717) is 24.6 Å². The molecule has 1 aliphatic rings. The molecule has 0 bridgehead atoms. The van der Waals surface area contributed by atoms with Crippen molar-refractivity contribution >= 4 is 5.91 Å². The van der Waals surface area contributed by atoms with Gasteiger partial charge in [-0.25, -0.2) is 0 Å². The Kier molecular flexibility index (Phi) is 5.57. The van der Waals surface area contributed by atoms with Gasteiger partial charge in [0.2, 0.25) is 5.56 Å². The van der Waals surface area contributed by atoms with Gasteiger partial charge in [-0.3, -0.25) is 9.59 Å². The second-order valence-corrected chi connectivity index (χ2v) is 7.07. The number of methoxy groups -OCH3 is 1. The van der Waals surface area contributed by atoms with Crippen molar-refractivity contribution in [2.45, 2.75) is 25.9 Å². The lowest BCUT2D eigenvalue weighted by molar-refractivity contribution is -0.00703. The maximum absolute atomic E-state index is 12.8. The molecule has 26 heavy (non-hydrogen) atoms. The maximum atomic E-state index is 12.8. The summed E-state index contributed by atoms with van der Waals surface area (Å²) in [5.74, 6) is 0.349. The largest absolute Gasteiger partial charge is 0.379 e. The van der Waals surface area contributed by atoms with Crippen LogP contribution in [0.5, 0.6) is 0 Å². The second kappa shape index (κ2) is 7.87. The Bertz CT molecular complexity index is 843. The van der Waals surface area contributed by atoms with Crippen LogP contribution in [0, 0.1) is 12.8 Å². The lowest BCUT2D eigenvalue weighted by atomic mass is 9.86. The van der Waals surface area contributed by atoms with E-state index >= 15 is 0 Å². The molecule has 2 aromatic rings. The number of nitrogens with zero attached hydrogens (tertiary/aromatic N) is 2. The number of hydrogen-bond acceptors (Lipinski definition) is 3. The normalized spacial score (nSPS) is 20.2. The molecule has 0 radical (unpaired) electrons. The summed E-state index contributed by atoms with van der Waals surface area (Å²) in [5, 5.41) is 0. The first-order chi connectivity index (χ1) is 12.5. The van der Waals surface area contributed by atoms with Crippen LogP contribution >= 0.6 is 0 Å². The first-order valence-electron chi connectivity index (χ1n) is 9.03. The van der Waals surface area contributed by atoms with Crippen LogP contribution in [0.3, 0.4) is 0 Å². The first-order valence-corrected chi connectivity index (χ1v) is 9.03. The molecule has 2 heterocycles. The standard InChI is InChI=1S/C21H26N2O3/c1-15-6-4-5-7-16(15)12-17-10-11-23(14-19(17)26-3)21(25)18-8-9-20(24)22(2)13-18/h4-9,13,17,19H,10-12,14H2,1-3H3/t17-,19+/m1/s1. The molecule has 3 rings (SSSR count). The Morgan fingerprint density at radius 3 is 2.69 bits per heavy atom. The highest BCUT2D eigenvalue weighted by molar-refractivity contribution is 5.94. The third kappa shape index (κ3) is 3.88. The summed E-state index contributed by atoms with van der Waals surface area (Å²) in [5.41, 5.74) is 3.07. The van der Waals surface area contributed by atoms with Crippen molar-refractivity contribution in [3.63, 3.8) is 0 Å². The van der Waals surface area contributed by atoms with E-state index < -0.39 is 0 Å². The molecule has 0 aliphatic carbocycles. The quantitative estimate of drug-likeness (QED) is 0.847. The van der Waals surface area contributed by atoms with Gasteiger partial charge in [0.25, 0.3) is 5.91 Å². The van der Waals surface area contributed by atoms with Crippen LogP contribution in [0.2, 0.25) is 0 Å². The molecule has 5 nitrogen and oxygen atoms in total. The van der Waals surface area contributed by atoms with Gasteiger partial charge in [0.05, 0.1) is 11.7 Å². The predicted molar refractivity (Wildman–Crippen MR) is 101 cm³/mol. The molecule has 1 amide bonds. The number of carbonyl (C=O) groups excluding carboxylic acids is 1. The lowest BCUT2D eigenvalue weighted by Crippen LogP contribution is -2.48. The predicted octanol–water partition coefficient (Wildman–Crippen LogP) is 2.41. The van der Waals surface area contributed by atoms with E-state index in [2.05, 4.69) is 31.2 Å². The number of amides is 1. The van der Waals surface area contributed by atoms with Crippen molar-refractivity contribution in [3.05, 3.63) is 69.6 Å². The number of likely N-dealkylation sites (tertiary alicyclic amines) is 1. The third-order valence-electron chi connectivity index (χ3n) is 5.36. The molecule has 0 spiro atoms. The molecule has 1 saturated heterocycles. The van der Waals surface area contributed by atoms with Crippen molar-refractivity contribution in [2.24, 2.45) is 13.0 Å². The highest BCUT2D eigenvalue weighted by Gasteiger charge is 2.32. The van der Waals surface area contributed by atoms with Gasteiger partial charge in [-0.2, -0.15) is 0 Å². The lowest BCUT2D eigenvalue weighted by Gasteiger charge is -2.38. The average molecular weight is 354 g/mol. The van der Waals surface area contributed by atoms with Gasteiger partial charge in [-0.1, -0.05) is 24.3 Å². The maximum Gasteiger partial charge on any atom is 0.255 e. The van der Waals surface area contributed by atoms with E-state index in [1.165, 1.54) is 21.8 Å². The molecule has 0 N–H and O–H groups in total. The summed E-state index contributed by atoms with van der Waals surface area (Å²) in [6.07, 6.45) is 3.49. The molecule has 138 valence electrons. The van der Waals surface area contributed by atoms with E-state index in [9.17, 15) is 9.59 Å². The summed E-state index contributed by atoms with van der Waals surface area (Å²) >= 11 is 0. The Hall–Kier alpha value is -2.40. The van der Waals surface area contributed by atoms with Gasteiger partial charge >= 0.3 is 0 Å². The number of ether oxygens (including phenoxy) is 1. The molecule has 2 atom stereocenters. The smallest absolute Gasteiger partial charge is 0.255 e. The fourth-order valence-electron chi connectivity index (χ4n) is 3.67. The Labute approximate surface area is 154 Å². The Balaban J connectivity index is 1.71. The highest BCUT2D eigenvalue weighted by atomic mass is 16.5. The van der Waals surface area contributed by atoms with Crippen LogP contribution < -0.4 is 5.56 Å². The summed E-state index contributed by atoms with van der Waals surface area (Å²) in [6.45, 7) is 3.42. The summed E-state index contributed by atoms with van der Waals surface area (Å²) in [6, 6.07) is 11.5. The van der Waals surface area contributed by atoms with Crippen LogP contribution in [0.25, 0.3) is 0 Å². The molecule has 5 heteroatoms. The van der Waals surface area contributed by atoms with E-state index in [1.807, 2.05) is 4.90 Å². The van der Waals surface area contributed by atoms with Crippen molar-refractivity contribution in [3.8, 4) is 0 Å². The number of aryl methyl sites for hydroxylation is 2. The van der Waals surface area contributed by atoms with Crippen molar-refractivity contribution in [2.75, 3.05) is 20.2 Å². The summed E-state index contributed by atoms with van der Waals surface area (Å²) in [4.78, 5) is 26.2. The first kappa shape index (κ1) is 18.4. The van der Waals surface area contributed by atoms with Gasteiger partial charge in [0.1, 0.15) is 0 Å². The van der Waals surface area contributed by atoms with Gasteiger partial charge in [0.15, 0.2) is 0 Å². The highest BCUT2D eigenvalue weighted by Crippen LogP contribution is 2.26. The molecule has 0 saturated carbocycles.